The summed E-state index contributed by atoms with van der Waals surface area (Å²) < 4.78 is 22.7. The van der Waals surface area contributed by atoms with Crippen molar-refractivity contribution in [2.75, 3.05) is 7.11 Å². The van der Waals surface area contributed by atoms with Gasteiger partial charge < -0.3 is 23.7 Å². The Hall–Kier alpha value is -2.99. The van der Waals surface area contributed by atoms with Gasteiger partial charge in [0.2, 0.25) is 0 Å². The van der Waals surface area contributed by atoms with Crippen LogP contribution in [0, 0.1) is 0 Å². The fourth-order valence-corrected chi connectivity index (χ4v) is 3.71. The minimum atomic E-state index is -0.945. The minimum Gasteiger partial charge on any atom is -0.497 e. The molecular weight excluding hydrogens is 372 g/mol. The third-order valence-corrected chi connectivity index (χ3v) is 5.14. The third-order valence-electron chi connectivity index (χ3n) is 5.14. The lowest BCUT2D eigenvalue weighted by atomic mass is 9.90. The molecule has 0 saturated carbocycles. The smallest absolute Gasteiger partial charge is 0.339 e. The summed E-state index contributed by atoms with van der Waals surface area (Å²) in [6.07, 6.45) is 1.65. The Bertz CT molecular complexity index is 1070. The summed E-state index contributed by atoms with van der Waals surface area (Å²) in [4.78, 5) is 12.3. The number of ether oxygens (including phenoxy) is 3. The maximum Gasteiger partial charge on any atom is 0.339 e. The van der Waals surface area contributed by atoms with Gasteiger partial charge in [-0.2, -0.15) is 0 Å². The number of hydrogen-bond acceptors (Lipinski definition) is 6. The first kappa shape index (κ1) is 19.3. The Morgan fingerprint density at radius 1 is 1.00 bits per heavy atom. The zero-order valence-electron chi connectivity index (χ0n) is 16.5. The summed E-state index contributed by atoms with van der Waals surface area (Å²) in [5.41, 5.74) is 1.91. The number of hydrogen-bond donors (Lipinski definition) is 1. The highest BCUT2D eigenvalue weighted by atomic mass is 16.7. The van der Waals surface area contributed by atoms with Crippen LogP contribution >= 0.6 is 0 Å². The largest absolute Gasteiger partial charge is 0.497 e. The summed E-state index contributed by atoms with van der Waals surface area (Å²) in [5, 5.41) is 11.0. The van der Waals surface area contributed by atoms with Crippen molar-refractivity contribution in [1.29, 1.82) is 0 Å². The molecule has 1 aliphatic carbocycles. The van der Waals surface area contributed by atoms with Gasteiger partial charge in [0.15, 0.2) is 0 Å². The van der Waals surface area contributed by atoms with Crippen molar-refractivity contribution in [3.63, 3.8) is 0 Å². The molecule has 4 rings (SSSR count). The highest BCUT2D eigenvalue weighted by molar-refractivity contribution is 5.88. The van der Waals surface area contributed by atoms with Gasteiger partial charge in [-0.3, -0.25) is 0 Å². The van der Waals surface area contributed by atoms with Crippen LogP contribution in [0.1, 0.15) is 30.9 Å². The maximum absolute atomic E-state index is 12.3. The van der Waals surface area contributed by atoms with E-state index in [1.807, 2.05) is 12.1 Å². The molecule has 0 radical (unpaired) electrons. The average Bonchev–Trinajstić information content (AvgIpc) is 2.73. The van der Waals surface area contributed by atoms with Crippen molar-refractivity contribution in [2.24, 2.45) is 0 Å². The van der Waals surface area contributed by atoms with E-state index in [2.05, 4.69) is 0 Å². The van der Waals surface area contributed by atoms with Gasteiger partial charge in [0.1, 0.15) is 28.9 Å². The Morgan fingerprint density at radius 2 is 1.72 bits per heavy atom. The Labute approximate surface area is 168 Å². The van der Waals surface area contributed by atoms with E-state index >= 15 is 0 Å². The van der Waals surface area contributed by atoms with Crippen LogP contribution in [-0.4, -0.2) is 24.6 Å². The molecule has 0 fully saturated rings. The van der Waals surface area contributed by atoms with Crippen LogP contribution in [0.5, 0.6) is 17.2 Å². The molecule has 1 aliphatic rings. The van der Waals surface area contributed by atoms with Crippen LogP contribution in [0.15, 0.2) is 51.7 Å². The van der Waals surface area contributed by atoms with Crippen molar-refractivity contribution >= 4 is 11.0 Å². The molecule has 2 unspecified atom stereocenters. The van der Waals surface area contributed by atoms with E-state index < -0.39 is 12.4 Å². The molecule has 29 heavy (non-hydrogen) atoms. The van der Waals surface area contributed by atoms with E-state index in [-0.39, 0.29) is 5.63 Å². The SMILES string of the molecule is COc1cccc(OC(Oc2cccc3oc(=O)c4c(c23)CCCC4)C(C)O)c1. The van der Waals surface area contributed by atoms with Gasteiger partial charge in [-0.05, 0) is 62.4 Å². The number of benzene rings is 2. The maximum atomic E-state index is 12.3. The average molecular weight is 396 g/mol. The third kappa shape index (κ3) is 3.93. The molecule has 6 heteroatoms. The first-order valence-electron chi connectivity index (χ1n) is 9.80. The molecular formula is C23H24O6. The number of aliphatic hydroxyl groups excluding tert-OH is 1. The quantitative estimate of drug-likeness (QED) is 0.504. The zero-order valence-corrected chi connectivity index (χ0v) is 16.5. The van der Waals surface area contributed by atoms with Crippen LogP contribution in [0.4, 0.5) is 0 Å². The fourth-order valence-electron chi connectivity index (χ4n) is 3.71. The molecule has 2 atom stereocenters. The van der Waals surface area contributed by atoms with Crippen LogP contribution < -0.4 is 19.8 Å². The second kappa shape index (κ2) is 8.17. The van der Waals surface area contributed by atoms with Gasteiger partial charge in [0.25, 0.3) is 6.29 Å². The predicted octanol–water partition coefficient (Wildman–Crippen LogP) is 3.85. The van der Waals surface area contributed by atoms with E-state index in [1.165, 1.54) is 0 Å². The highest BCUT2D eigenvalue weighted by Gasteiger charge is 2.24. The first-order valence-corrected chi connectivity index (χ1v) is 9.80. The van der Waals surface area contributed by atoms with Gasteiger partial charge in [-0.1, -0.05) is 12.1 Å². The number of aliphatic hydroxyl groups is 1. The molecule has 6 nitrogen and oxygen atoms in total. The van der Waals surface area contributed by atoms with Crippen molar-refractivity contribution in [3.05, 3.63) is 64.0 Å². The Kier molecular flexibility index (Phi) is 5.45. The Balaban J connectivity index is 1.72. The number of aryl methyl sites for hydroxylation is 1. The van der Waals surface area contributed by atoms with Crippen molar-refractivity contribution < 1.29 is 23.7 Å². The van der Waals surface area contributed by atoms with E-state index in [0.29, 0.717) is 29.3 Å². The molecule has 0 bridgehead atoms. The Morgan fingerprint density at radius 3 is 2.48 bits per heavy atom. The van der Waals surface area contributed by atoms with Gasteiger partial charge in [-0.25, -0.2) is 4.79 Å². The fraction of sp³-hybridized carbons (Fsp3) is 0.348. The summed E-state index contributed by atoms with van der Waals surface area (Å²) >= 11 is 0. The topological polar surface area (TPSA) is 78.1 Å². The molecule has 2 aromatic carbocycles. The normalized spacial score (nSPS) is 15.4. The number of rotatable bonds is 6. The number of fused-ring (bicyclic) bond motifs is 3. The minimum absolute atomic E-state index is 0.274. The first-order chi connectivity index (χ1) is 14.1. The summed E-state index contributed by atoms with van der Waals surface area (Å²) in [6, 6.07) is 12.4. The van der Waals surface area contributed by atoms with Gasteiger partial charge in [-0.15, -0.1) is 0 Å². The summed E-state index contributed by atoms with van der Waals surface area (Å²) in [5.74, 6) is 1.69. The molecule has 0 spiro atoms. The zero-order chi connectivity index (χ0) is 20.4. The molecule has 1 heterocycles. The van der Waals surface area contributed by atoms with E-state index in [9.17, 15) is 9.90 Å². The predicted molar refractivity (Wildman–Crippen MR) is 109 cm³/mol. The van der Waals surface area contributed by atoms with Crippen LogP contribution in [0.25, 0.3) is 11.0 Å². The van der Waals surface area contributed by atoms with Crippen molar-refractivity contribution in [1.82, 2.24) is 0 Å². The second-order valence-electron chi connectivity index (χ2n) is 7.21. The summed E-state index contributed by atoms with van der Waals surface area (Å²) in [7, 11) is 1.58. The molecule has 0 saturated heterocycles. The summed E-state index contributed by atoms with van der Waals surface area (Å²) in [6.45, 7) is 1.60. The molecule has 3 aromatic rings. The lowest BCUT2D eigenvalue weighted by Crippen LogP contribution is -2.35. The van der Waals surface area contributed by atoms with Gasteiger partial charge in [0.05, 0.1) is 12.5 Å². The monoisotopic (exact) mass is 396 g/mol. The lowest BCUT2D eigenvalue weighted by Gasteiger charge is -2.25. The molecule has 0 aliphatic heterocycles. The molecule has 0 amide bonds. The van der Waals surface area contributed by atoms with E-state index in [1.54, 1.807) is 44.4 Å². The van der Waals surface area contributed by atoms with Crippen molar-refractivity contribution in [3.8, 4) is 17.2 Å². The van der Waals surface area contributed by atoms with E-state index in [0.717, 1.165) is 35.8 Å². The highest BCUT2D eigenvalue weighted by Crippen LogP contribution is 2.34. The molecule has 152 valence electrons. The lowest BCUT2D eigenvalue weighted by molar-refractivity contribution is -0.0771. The van der Waals surface area contributed by atoms with Gasteiger partial charge >= 0.3 is 5.63 Å². The van der Waals surface area contributed by atoms with Crippen LogP contribution in [0.2, 0.25) is 0 Å². The van der Waals surface area contributed by atoms with Crippen molar-refractivity contribution in [2.45, 2.75) is 45.0 Å². The van der Waals surface area contributed by atoms with Gasteiger partial charge in [0, 0.05) is 11.6 Å². The van der Waals surface area contributed by atoms with E-state index in [4.69, 9.17) is 18.6 Å². The molecule has 1 aromatic heterocycles. The molecule has 1 N–H and O–H groups in total. The second-order valence-corrected chi connectivity index (χ2v) is 7.21. The van der Waals surface area contributed by atoms with Crippen LogP contribution in [-0.2, 0) is 12.8 Å². The number of methoxy groups -OCH3 is 1. The van der Waals surface area contributed by atoms with Crippen LogP contribution in [0.3, 0.4) is 0 Å². The standard InChI is InChI=1S/C23H24O6/c1-14(24)23(27-16-8-5-7-15(13-16)26-2)29-20-12-6-11-19-21(20)17-9-3-4-10-18(17)22(25)28-19/h5-8,11-14,23-24H,3-4,9-10H2,1-2H3.